The first-order chi connectivity index (χ1) is 6.61. The van der Waals surface area contributed by atoms with Crippen LogP contribution >= 0.6 is 0 Å². The van der Waals surface area contributed by atoms with Crippen molar-refractivity contribution in [2.45, 2.75) is 6.92 Å². The summed E-state index contributed by atoms with van der Waals surface area (Å²) in [4.78, 5) is 24.9. The SMILES string of the molecule is C/C(=N/NC(=O)c1ncco1)C(=O)O. The van der Waals surface area contributed by atoms with Crippen molar-refractivity contribution in [2.24, 2.45) is 5.10 Å². The van der Waals surface area contributed by atoms with Crippen molar-refractivity contribution in [3.8, 4) is 0 Å². The maximum absolute atomic E-state index is 11.1. The highest BCUT2D eigenvalue weighted by Gasteiger charge is 2.10. The van der Waals surface area contributed by atoms with Gasteiger partial charge in [0.1, 0.15) is 12.0 Å². The summed E-state index contributed by atoms with van der Waals surface area (Å²) in [6, 6.07) is 0. The normalized spacial score (nSPS) is 11.1. The average Bonchev–Trinajstić information content (AvgIpc) is 2.66. The number of carbonyl (C=O) groups is 2. The fourth-order valence-corrected chi connectivity index (χ4v) is 0.566. The first-order valence-corrected chi connectivity index (χ1v) is 3.58. The number of rotatable bonds is 3. The standard InChI is InChI=1S/C7H7N3O4/c1-4(7(12)13)9-10-5(11)6-8-2-3-14-6/h2-3H,1H3,(H,10,11)(H,12,13)/b9-4-. The smallest absolute Gasteiger partial charge is 0.351 e. The van der Waals surface area contributed by atoms with E-state index in [4.69, 9.17) is 5.11 Å². The van der Waals surface area contributed by atoms with Crippen molar-refractivity contribution in [2.75, 3.05) is 0 Å². The van der Waals surface area contributed by atoms with E-state index in [1.165, 1.54) is 19.4 Å². The van der Waals surface area contributed by atoms with Gasteiger partial charge >= 0.3 is 11.9 Å². The van der Waals surface area contributed by atoms with Gasteiger partial charge in [0, 0.05) is 0 Å². The highest BCUT2D eigenvalue weighted by molar-refractivity contribution is 6.34. The van der Waals surface area contributed by atoms with Crippen LogP contribution in [0.3, 0.4) is 0 Å². The van der Waals surface area contributed by atoms with Gasteiger partial charge in [-0.1, -0.05) is 0 Å². The average molecular weight is 197 g/mol. The second-order valence-corrected chi connectivity index (χ2v) is 2.28. The molecule has 1 heterocycles. The lowest BCUT2D eigenvalue weighted by atomic mass is 10.4. The lowest BCUT2D eigenvalue weighted by Gasteiger charge is -1.94. The number of oxazole rings is 1. The van der Waals surface area contributed by atoms with Crippen molar-refractivity contribution in [1.29, 1.82) is 0 Å². The fraction of sp³-hybridized carbons (Fsp3) is 0.143. The summed E-state index contributed by atoms with van der Waals surface area (Å²) in [5.41, 5.74) is 1.75. The molecule has 7 heteroatoms. The molecule has 0 aliphatic carbocycles. The third-order valence-electron chi connectivity index (χ3n) is 1.26. The lowest BCUT2D eigenvalue weighted by Crippen LogP contribution is -2.21. The van der Waals surface area contributed by atoms with Crippen LogP contribution in [0.2, 0.25) is 0 Å². The molecule has 2 N–H and O–H groups in total. The van der Waals surface area contributed by atoms with Crippen LogP contribution in [0.15, 0.2) is 22.0 Å². The van der Waals surface area contributed by atoms with Gasteiger partial charge in [0.15, 0.2) is 0 Å². The number of aliphatic carboxylic acids is 1. The number of nitrogens with one attached hydrogen (secondary N) is 1. The van der Waals surface area contributed by atoms with E-state index in [2.05, 4.69) is 14.5 Å². The molecule has 0 atom stereocenters. The quantitative estimate of drug-likeness (QED) is 0.518. The Labute approximate surface area is 78.4 Å². The third-order valence-corrected chi connectivity index (χ3v) is 1.26. The molecule has 1 rings (SSSR count). The van der Waals surface area contributed by atoms with E-state index < -0.39 is 11.9 Å². The zero-order valence-electron chi connectivity index (χ0n) is 7.22. The Balaban J connectivity index is 2.59. The molecule has 0 aliphatic heterocycles. The molecule has 74 valence electrons. The largest absolute Gasteiger partial charge is 0.477 e. The maximum atomic E-state index is 11.1. The molecule has 1 aromatic rings. The number of hydrogen-bond donors (Lipinski definition) is 2. The van der Waals surface area contributed by atoms with E-state index in [1.54, 1.807) is 0 Å². The Morgan fingerprint density at radius 1 is 1.64 bits per heavy atom. The van der Waals surface area contributed by atoms with Crippen LogP contribution < -0.4 is 5.43 Å². The maximum Gasteiger partial charge on any atom is 0.351 e. The Kier molecular flexibility index (Phi) is 2.95. The number of nitrogens with zero attached hydrogens (tertiary/aromatic N) is 2. The minimum atomic E-state index is -1.21. The summed E-state index contributed by atoms with van der Waals surface area (Å²) < 4.78 is 4.65. The van der Waals surface area contributed by atoms with Crippen LogP contribution in [0.5, 0.6) is 0 Å². The molecule has 0 saturated carbocycles. The number of carboxylic acid groups (broad SMARTS) is 1. The topological polar surface area (TPSA) is 105 Å². The van der Waals surface area contributed by atoms with E-state index in [0.29, 0.717) is 0 Å². The van der Waals surface area contributed by atoms with Crippen LogP contribution in [0.25, 0.3) is 0 Å². The minimum absolute atomic E-state index is 0.174. The zero-order chi connectivity index (χ0) is 10.6. The molecular formula is C7H7N3O4. The second-order valence-electron chi connectivity index (χ2n) is 2.28. The van der Waals surface area contributed by atoms with Crippen LogP contribution in [0.1, 0.15) is 17.6 Å². The van der Waals surface area contributed by atoms with Gasteiger partial charge in [-0.2, -0.15) is 5.10 Å². The van der Waals surface area contributed by atoms with Crippen LogP contribution in [-0.4, -0.2) is 27.7 Å². The summed E-state index contributed by atoms with van der Waals surface area (Å²) in [5.74, 6) is -2.08. The summed E-state index contributed by atoms with van der Waals surface area (Å²) in [7, 11) is 0. The number of hydrogen-bond acceptors (Lipinski definition) is 5. The summed E-state index contributed by atoms with van der Waals surface area (Å²) >= 11 is 0. The first-order valence-electron chi connectivity index (χ1n) is 3.58. The van der Waals surface area contributed by atoms with Crippen molar-refractivity contribution >= 4 is 17.6 Å². The molecule has 0 aliphatic rings. The van der Waals surface area contributed by atoms with Gasteiger partial charge in [-0.25, -0.2) is 15.2 Å². The minimum Gasteiger partial charge on any atom is -0.477 e. The number of carboxylic acids is 1. The number of hydrazone groups is 1. The summed E-state index contributed by atoms with van der Waals surface area (Å²) in [5, 5.41) is 11.7. The van der Waals surface area contributed by atoms with Crippen LogP contribution in [0, 0.1) is 0 Å². The highest BCUT2D eigenvalue weighted by atomic mass is 16.4. The molecule has 0 bridgehead atoms. The molecule has 0 unspecified atom stereocenters. The van der Waals surface area contributed by atoms with Crippen molar-refractivity contribution in [3.63, 3.8) is 0 Å². The lowest BCUT2D eigenvalue weighted by molar-refractivity contribution is -0.129. The molecule has 14 heavy (non-hydrogen) atoms. The molecule has 0 radical (unpaired) electrons. The van der Waals surface area contributed by atoms with Gasteiger partial charge in [0.05, 0.1) is 6.20 Å². The van der Waals surface area contributed by atoms with Crippen molar-refractivity contribution in [1.82, 2.24) is 10.4 Å². The number of aromatic nitrogens is 1. The molecule has 1 aromatic heterocycles. The van der Waals surface area contributed by atoms with Gasteiger partial charge < -0.3 is 9.52 Å². The van der Waals surface area contributed by atoms with Gasteiger partial charge in [0.2, 0.25) is 0 Å². The van der Waals surface area contributed by atoms with Gasteiger partial charge in [0.25, 0.3) is 5.89 Å². The predicted octanol–water partition coefficient (Wildman–Crippen LogP) is -0.135. The van der Waals surface area contributed by atoms with E-state index in [-0.39, 0.29) is 11.6 Å². The van der Waals surface area contributed by atoms with Crippen LogP contribution in [-0.2, 0) is 4.79 Å². The molecule has 0 aromatic carbocycles. The summed E-state index contributed by atoms with van der Waals surface area (Å²) in [6.45, 7) is 1.25. The Morgan fingerprint density at radius 2 is 2.36 bits per heavy atom. The fourth-order valence-electron chi connectivity index (χ4n) is 0.566. The van der Waals surface area contributed by atoms with E-state index >= 15 is 0 Å². The Hall–Kier alpha value is -2.18. The Bertz CT molecular complexity index is 368. The summed E-state index contributed by atoms with van der Waals surface area (Å²) in [6.07, 6.45) is 2.52. The molecule has 1 amide bonds. The molecule has 7 nitrogen and oxygen atoms in total. The first kappa shape index (κ1) is 9.90. The molecule has 0 saturated heterocycles. The van der Waals surface area contributed by atoms with Gasteiger partial charge in [-0.3, -0.25) is 4.79 Å². The highest BCUT2D eigenvalue weighted by Crippen LogP contribution is 1.93. The van der Waals surface area contributed by atoms with E-state index in [0.717, 1.165) is 0 Å². The van der Waals surface area contributed by atoms with Gasteiger partial charge in [-0.05, 0) is 6.92 Å². The van der Waals surface area contributed by atoms with E-state index in [1.807, 2.05) is 5.43 Å². The Morgan fingerprint density at radius 3 is 2.86 bits per heavy atom. The number of carbonyl (C=O) groups excluding carboxylic acids is 1. The van der Waals surface area contributed by atoms with E-state index in [9.17, 15) is 9.59 Å². The van der Waals surface area contributed by atoms with Crippen LogP contribution in [0.4, 0.5) is 0 Å². The zero-order valence-corrected chi connectivity index (χ0v) is 7.22. The number of amides is 1. The molecule has 0 spiro atoms. The monoisotopic (exact) mass is 197 g/mol. The predicted molar refractivity (Wildman–Crippen MR) is 44.7 cm³/mol. The third kappa shape index (κ3) is 2.41. The van der Waals surface area contributed by atoms with Crippen molar-refractivity contribution < 1.29 is 19.1 Å². The molecular weight excluding hydrogens is 190 g/mol. The molecule has 0 fully saturated rings. The van der Waals surface area contributed by atoms with Crippen molar-refractivity contribution in [3.05, 3.63) is 18.4 Å². The van der Waals surface area contributed by atoms with Gasteiger partial charge in [-0.15, -0.1) is 0 Å². The second kappa shape index (κ2) is 4.17.